The van der Waals surface area contributed by atoms with E-state index in [-0.39, 0.29) is 0 Å². The molecule has 1 rings (SSSR count). The fourth-order valence-electron chi connectivity index (χ4n) is 2.65. The van der Waals surface area contributed by atoms with Gasteiger partial charge in [0.05, 0.1) is 0 Å². The Morgan fingerprint density at radius 1 is 0.579 bits per heavy atom. The molecule has 110 valence electrons. The summed E-state index contributed by atoms with van der Waals surface area (Å²) in [4.78, 5) is 0. The minimum Gasteiger partial charge on any atom is -0.354 e. The lowest BCUT2D eigenvalue weighted by Crippen LogP contribution is -1.93. The van der Waals surface area contributed by atoms with Gasteiger partial charge in [0.2, 0.25) is 0 Å². The molecule has 1 aromatic rings. The van der Waals surface area contributed by atoms with Gasteiger partial charge in [0.25, 0.3) is 0 Å². The molecule has 1 heterocycles. The Kier molecular flexibility index (Phi) is 10.6. The predicted molar refractivity (Wildman–Crippen MR) is 85.5 cm³/mol. The van der Waals surface area contributed by atoms with Crippen LogP contribution in [0.25, 0.3) is 0 Å². The predicted octanol–water partition coefficient (Wildman–Crippen LogP) is 6.19. The van der Waals surface area contributed by atoms with Crippen LogP contribution in [0.3, 0.4) is 0 Å². The molecule has 0 N–H and O–H groups in total. The van der Waals surface area contributed by atoms with Crippen LogP contribution in [0, 0.1) is 0 Å². The number of nitrogens with zero attached hydrogens (tertiary/aromatic N) is 1. The van der Waals surface area contributed by atoms with E-state index in [1.807, 2.05) is 0 Å². The second-order valence-electron chi connectivity index (χ2n) is 5.81. The van der Waals surface area contributed by atoms with Crippen LogP contribution in [0.2, 0.25) is 0 Å². The highest BCUT2D eigenvalue weighted by Crippen LogP contribution is 2.12. The van der Waals surface area contributed by atoms with Crippen LogP contribution in [-0.4, -0.2) is 4.57 Å². The largest absolute Gasteiger partial charge is 0.354 e. The maximum Gasteiger partial charge on any atom is 0.0219 e. The number of hydrogen-bond acceptors (Lipinski definition) is 0. The molecule has 0 unspecified atom stereocenters. The van der Waals surface area contributed by atoms with Gasteiger partial charge < -0.3 is 4.57 Å². The number of unbranched alkanes of at least 4 members (excludes halogenated alkanes) is 11. The summed E-state index contributed by atoms with van der Waals surface area (Å²) in [7, 11) is 0. The first-order chi connectivity index (χ1) is 9.43. The highest BCUT2D eigenvalue weighted by molar-refractivity contribution is 4.89. The van der Waals surface area contributed by atoms with E-state index in [0.29, 0.717) is 0 Å². The molecular formula is C18H33N. The summed E-state index contributed by atoms with van der Waals surface area (Å²) in [6.07, 6.45) is 21.5. The van der Waals surface area contributed by atoms with E-state index in [2.05, 4.69) is 36.0 Å². The standard InChI is InChI=1S/C18H33N/c1-2-3-4-5-6-7-8-9-10-11-12-13-16-19-17-14-15-18-19/h14-15,17-18H,2-13,16H2,1H3. The van der Waals surface area contributed by atoms with Gasteiger partial charge in [-0.3, -0.25) is 0 Å². The number of rotatable bonds is 13. The highest BCUT2D eigenvalue weighted by Gasteiger charge is 1.94. The maximum absolute atomic E-state index is 2.29. The first-order valence-electron chi connectivity index (χ1n) is 8.54. The van der Waals surface area contributed by atoms with Gasteiger partial charge in [-0.25, -0.2) is 0 Å². The van der Waals surface area contributed by atoms with E-state index in [9.17, 15) is 0 Å². The summed E-state index contributed by atoms with van der Waals surface area (Å²) in [6, 6.07) is 4.22. The van der Waals surface area contributed by atoms with Crippen LogP contribution in [0.1, 0.15) is 84.0 Å². The Bertz CT molecular complexity index is 263. The van der Waals surface area contributed by atoms with Crippen LogP contribution >= 0.6 is 0 Å². The zero-order chi connectivity index (χ0) is 13.6. The average molecular weight is 263 g/mol. The molecule has 0 saturated heterocycles. The normalized spacial score (nSPS) is 11.0. The summed E-state index contributed by atoms with van der Waals surface area (Å²) < 4.78 is 2.29. The Hall–Kier alpha value is -0.720. The van der Waals surface area contributed by atoms with Crippen molar-refractivity contribution in [3.05, 3.63) is 24.5 Å². The number of hydrogen-bond donors (Lipinski definition) is 0. The molecule has 0 saturated carbocycles. The van der Waals surface area contributed by atoms with Crippen molar-refractivity contribution in [3.63, 3.8) is 0 Å². The molecule has 1 aromatic heterocycles. The molecule has 0 aliphatic rings. The van der Waals surface area contributed by atoms with Gasteiger partial charge in [-0.2, -0.15) is 0 Å². The number of aryl methyl sites for hydroxylation is 1. The van der Waals surface area contributed by atoms with E-state index in [1.54, 1.807) is 0 Å². The van der Waals surface area contributed by atoms with Crippen molar-refractivity contribution in [3.8, 4) is 0 Å². The minimum absolute atomic E-state index is 1.20. The first kappa shape index (κ1) is 16.3. The zero-order valence-electron chi connectivity index (χ0n) is 12.9. The monoisotopic (exact) mass is 263 g/mol. The molecule has 0 bridgehead atoms. The third-order valence-corrected chi connectivity index (χ3v) is 3.94. The van der Waals surface area contributed by atoms with Gasteiger partial charge >= 0.3 is 0 Å². The molecular weight excluding hydrogens is 230 g/mol. The molecule has 0 radical (unpaired) electrons. The molecule has 1 heteroatoms. The molecule has 1 nitrogen and oxygen atoms in total. The molecule has 0 spiro atoms. The van der Waals surface area contributed by atoms with Crippen molar-refractivity contribution in [1.29, 1.82) is 0 Å². The van der Waals surface area contributed by atoms with E-state index in [4.69, 9.17) is 0 Å². The second kappa shape index (κ2) is 12.3. The summed E-state index contributed by atoms with van der Waals surface area (Å²) in [5, 5.41) is 0. The molecule has 0 amide bonds. The quantitative estimate of drug-likeness (QED) is 0.374. The van der Waals surface area contributed by atoms with Gasteiger partial charge in [0, 0.05) is 18.9 Å². The zero-order valence-corrected chi connectivity index (χ0v) is 12.9. The topological polar surface area (TPSA) is 4.93 Å². The van der Waals surface area contributed by atoms with Crippen molar-refractivity contribution in [2.45, 2.75) is 90.5 Å². The van der Waals surface area contributed by atoms with Crippen LogP contribution in [0.4, 0.5) is 0 Å². The van der Waals surface area contributed by atoms with Crippen LogP contribution in [0.5, 0.6) is 0 Å². The summed E-state index contributed by atoms with van der Waals surface area (Å²) >= 11 is 0. The van der Waals surface area contributed by atoms with Crippen molar-refractivity contribution >= 4 is 0 Å². The molecule has 0 aromatic carbocycles. The fraction of sp³-hybridized carbons (Fsp3) is 0.778. The second-order valence-corrected chi connectivity index (χ2v) is 5.81. The Balaban J connectivity index is 1.72. The van der Waals surface area contributed by atoms with Crippen molar-refractivity contribution in [2.24, 2.45) is 0 Å². The molecule has 19 heavy (non-hydrogen) atoms. The van der Waals surface area contributed by atoms with Crippen LogP contribution < -0.4 is 0 Å². The van der Waals surface area contributed by atoms with Gasteiger partial charge in [-0.1, -0.05) is 77.6 Å². The van der Waals surface area contributed by atoms with Crippen LogP contribution in [0.15, 0.2) is 24.5 Å². The van der Waals surface area contributed by atoms with E-state index >= 15 is 0 Å². The Morgan fingerprint density at radius 2 is 1.00 bits per heavy atom. The van der Waals surface area contributed by atoms with E-state index < -0.39 is 0 Å². The summed E-state index contributed by atoms with van der Waals surface area (Å²) in [6.45, 7) is 3.49. The minimum atomic E-state index is 1.20. The average Bonchev–Trinajstić information content (AvgIpc) is 2.93. The SMILES string of the molecule is CCCCCCCCCCCCCCn1cccc1. The summed E-state index contributed by atoms with van der Waals surface area (Å²) in [5.74, 6) is 0. The number of aromatic nitrogens is 1. The van der Waals surface area contributed by atoms with Gasteiger partial charge in [-0.05, 0) is 18.6 Å². The fourth-order valence-corrected chi connectivity index (χ4v) is 2.65. The highest BCUT2D eigenvalue weighted by atomic mass is 14.9. The lowest BCUT2D eigenvalue weighted by atomic mass is 10.1. The lowest BCUT2D eigenvalue weighted by Gasteiger charge is -2.04. The van der Waals surface area contributed by atoms with Crippen molar-refractivity contribution in [2.75, 3.05) is 0 Å². The van der Waals surface area contributed by atoms with Gasteiger partial charge in [0.1, 0.15) is 0 Å². The third kappa shape index (κ3) is 9.81. The molecule has 0 aliphatic heterocycles. The summed E-state index contributed by atoms with van der Waals surface area (Å²) in [5.41, 5.74) is 0. The van der Waals surface area contributed by atoms with E-state index in [1.165, 1.54) is 83.6 Å². The molecule has 0 fully saturated rings. The lowest BCUT2D eigenvalue weighted by molar-refractivity contribution is 0.529. The van der Waals surface area contributed by atoms with E-state index in [0.717, 1.165) is 0 Å². The Morgan fingerprint density at radius 3 is 1.47 bits per heavy atom. The molecule has 0 atom stereocenters. The first-order valence-corrected chi connectivity index (χ1v) is 8.54. The molecule has 0 aliphatic carbocycles. The van der Waals surface area contributed by atoms with Crippen molar-refractivity contribution < 1.29 is 0 Å². The van der Waals surface area contributed by atoms with Gasteiger partial charge in [0.15, 0.2) is 0 Å². The van der Waals surface area contributed by atoms with Crippen LogP contribution in [-0.2, 0) is 6.54 Å². The third-order valence-electron chi connectivity index (χ3n) is 3.94. The van der Waals surface area contributed by atoms with Crippen molar-refractivity contribution in [1.82, 2.24) is 4.57 Å². The maximum atomic E-state index is 2.29. The van der Waals surface area contributed by atoms with Gasteiger partial charge in [-0.15, -0.1) is 0 Å². The Labute approximate surface area is 120 Å². The smallest absolute Gasteiger partial charge is 0.0219 e.